The first kappa shape index (κ1) is 11.4. The highest BCUT2D eigenvalue weighted by Gasteiger charge is 2.35. The fourth-order valence-corrected chi connectivity index (χ4v) is 2.78. The molecule has 1 N–H and O–H groups in total. The van der Waals surface area contributed by atoms with Crippen molar-refractivity contribution in [1.82, 2.24) is 10.2 Å². The Labute approximate surface area is 94.4 Å². The summed E-state index contributed by atoms with van der Waals surface area (Å²) in [4.78, 5) is 2.73. The molecule has 2 heteroatoms. The lowest BCUT2D eigenvalue weighted by Crippen LogP contribution is -2.45. The summed E-state index contributed by atoms with van der Waals surface area (Å²) in [5.74, 6) is 0.988. The second-order valence-corrected chi connectivity index (χ2v) is 5.49. The van der Waals surface area contributed by atoms with E-state index in [1.165, 1.54) is 38.8 Å². The fraction of sp³-hybridized carbons (Fsp3) is 1.00. The van der Waals surface area contributed by atoms with Crippen molar-refractivity contribution >= 4 is 0 Å². The highest BCUT2D eigenvalue weighted by molar-refractivity contribution is 4.92. The molecule has 0 amide bonds. The maximum atomic E-state index is 3.74. The maximum Gasteiger partial charge on any atom is 0.0223 e. The normalized spacial score (nSPS) is 36.2. The zero-order valence-corrected chi connectivity index (χ0v) is 10.5. The van der Waals surface area contributed by atoms with E-state index in [0.717, 1.165) is 24.0 Å². The van der Waals surface area contributed by atoms with Crippen LogP contribution < -0.4 is 5.32 Å². The second-order valence-electron chi connectivity index (χ2n) is 5.49. The highest BCUT2D eigenvalue weighted by atomic mass is 15.2. The van der Waals surface area contributed by atoms with Gasteiger partial charge in [0.25, 0.3) is 0 Å². The summed E-state index contributed by atoms with van der Waals surface area (Å²) in [5.41, 5.74) is 0. The van der Waals surface area contributed by atoms with Crippen molar-refractivity contribution in [1.29, 1.82) is 0 Å². The number of rotatable bonds is 3. The van der Waals surface area contributed by atoms with Crippen LogP contribution in [-0.2, 0) is 0 Å². The summed E-state index contributed by atoms with van der Waals surface area (Å²) in [7, 11) is 0. The molecule has 3 atom stereocenters. The van der Waals surface area contributed by atoms with Crippen LogP contribution in [0.5, 0.6) is 0 Å². The van der Waals surface area contributed by atoms with E-state index in [1.807, 2.05) is 0 Å². The van der Waals surface area contributed by atoms with Crippen molar-refractivity contribution in [3.05, 3.63) is 0 Å². The molecule has 88 valence electrons. The van der Waals surface area contributed by atoms with Gasteiger partial charge in [-0.15, -0.1) is 0 Å². The molecule has 1 aliphatic heterocycles. The van der Waals surface area contributed by atoms with Gasteiger partial charge in [0.15, 0.2) is 0 Å². The van der Waals surface area contributed by atoms with Crippen LogP contribution in [0.25, 0.3) is 0 Å². The quantitative estimate of drug-likeness (QED) is 0.768. The molecule has 0 aromatic carbocycles. The molecule has 2 aliphatic rings. The molecule has 2 nitrogen and oxygen atoms in total. The van der Waals surface area contributed by atoms with E-state index in [4.69, 9.17) is 0 Å². The third-order valence-electron chi connectivity index (χ3n) is 4.29. The molecule has 0 radical (unpaired) electrons. The monoisotopic (exact) mass is 210 g/mol. The van der Waals surface area contributed by atoms with Crippen LogP contribution in [0.4, 0.5) is 0 Å². The minimum absolute atomic E-state index is 0.751. The van der Waals surface area contributed by atoms with Gasteiger partial charge in [-0.3, -0.25) is 4.90 Å². The molecule has 2 fully saturated rings. The van der Waals surface area contributed by atoms with E-state index in [0.29, 0.717) is 0 Å². The van der Waals surface area contributed by atoms with Gasteiger partial charge in [0.1, 0.15) is 0 Å². The van der Waals surface area contributed by atoms with Crippen LogP contribution in [-0.4, -0.2) is 36.1 Å². The molecular weight excluding hydrogens is 184 g/mol. The van der Waals surface area contributed by atoms with E-state index >= 15 is 0 Å². The summed E-state index contributed by atoms with van der Waals surface area (Å²) in [6.07, 6.45) is 5.51. The van der Waals surface area contributed by atoms with Crippen molar-refractivity contribution in [2.45, 2.75) is 64.6 Å². The van der Waals surface area contributed by atoms with Crippen LogP contribution in [0.3, 0.4) is 0 Å². The summed E-state index contributed by atoms with van der Waals surface area (Å²) in [6, 6.07) is 2.29. The standard InChI is InChI=1S/C13H26N2/c1-4-10(2)15-9-13(12-5-6-12)14-8-7-11(15)3/h10-14H,4-9H2,1-3H3. The number of hydrogen-bond donors (Lipinski definition) is 1. The van der Waals surface area contributed by atoms with E-state index in [-0.39, 0.29) is 0 Å². The Bertz CT molecular complexity index is 201. The molecule has 1 aliphatic carbocycles. The predicted octanol–water partition coefficient (Wildman–Crippen LogP) is 2.25. The lowest BCUT2D eigenvalue weighted by Gasteiger charge is -2.34. The van der Waals surface area contributed by atoms with Gasteiger partial charge in [-0.1, -0.05) is 6.92 Å². The minimum atomic E-state index is 0.751. The van der Waals surface area contributed by atoms with Gasteiger partial charge in [0.2, 0.25) is 0 Å². The van der Waals surface area contributed by atoms with Crippen LogP contribution in [0, 0.1) is 5.92 Å². The second kappa shape index (κ2) is 4.84. The van der Waals surface area contributed by atoms with Crippen molar-refractivity contribution in [3.63, 3.8) is 0 Å². The molecule has 3 unspecified atom stereocenters. The lowest BCUT2D eigenvalue weighted by molar-refractivity contribution is 0.143. The van der Waals surface area contributed by atoms with E-state index in [1.54, 1.807) is 0 Å². The van der Waals surface area contributed by atoms with Gasteiger partial charge in [0.05, 0.1) is 0 Å². The van der Waals surface area contributed by atoms with Gasteiger partial charge >= 0.3 is 0 Å². The highest BCUT2D eigenvalue weighted by Crippen LogP contribution is 2.34. The predicted molar refractivity (Wildman–Crippen MR) is 65.1 cm³/mol. The van der Waals surface area contributed by atoms with Gasteiger partial charge in [-0.05, 0) is 52.0 Å². The Morgan fingerprint density at radius 3 is 2.67 bits per heavy atom. The summed E-state index contributed by atoms with van der Waals surface area (Å²) < 4.78 is 0. The Morgan fingerprint density at radius 2 is 2.07 bits per heavy atom. The minimum Gasteiger partial charge on any atom is -0.312 e. The van der Waals surface area contributed by atoms with Crippen molar-refractivity contribution in [2.75, 3.05) is 13.1 Å². The topological polar surface area (TPSA) is 15.3 Å². The number of nitrogens with one attached hydrogen (secondary N) is 1. The molecule has 0 spiro atoms. The first-order chi connectivity index (χ1) is 7.22. The number of nitrogens with zero attached hydrogens (tertiary/aromatic N) is 1. The molecule has 1 saturated carbocycles. The lowest BCUT2D eigenvalue weighted by atomic mass is 10.1. The third kappa shape index (κ3) is 2.73. The van der Waals surface area contributed by atoms with Crippen LogP contribution in [0.15, 0.2) is 0 Å². The molecular formula is C13H26N2. The van der Waals surface area contributed by atoms with Gasteiger partial charge in [0, 0.05) is 24.7 Å². The zero-order valence-electron chi connectivity index (χ0n) is 10.5. The SMILES string of the molecule is CCC(C)N1CC(C2CC2)NCCC1C. The van der Waals surface area contributed by atoms with Crippen LogP contribution in [0.2, 0.25) is 0 Å². The first-order valence-electron chi connectivity index (χ1n) is 6.71. The first-order valence-corrected chi connectivity index (χ1v) is 6.71. The van der Waals surface area contributed by atoms with E-state index in [9.17, 15) is 0 Å². The number of hydrogen-bond acceptors (Lipinski definition) is 2. The van der Waals surface area contributed by atoms with Crippen molar-refractivity contribution in [2.24, 2.45) is 5.92 Å². The third-order valence-corrected chi connectivity index (χ3v) is 4.29. The van der Waals surface area contributed by atoms with Gasteiger partial charge < -0.3 is 5.32 Å². The largest absolute Gasteiger partial charge is 0.312 e. The summed E-state index contributed by atoms with van der Waals surface area (Å²) >= 11 is 0. The molecule has 0 bridgehead atoms. The fourth-order valence-electron chi connectivity index (χ4n) is 2.78. The molecule has 2 rings (SSSR count). The van der Waals surface area contributed by atoms with Crippen molar-refractivity contribution < 1.29 is 0 Å². The Hall–Kier alpha value is -0.0800. The zero-order chi connectivity index (χ0) is 10.8. The summed E-state index contributed by atoms with van der Waals surface area (Å²) in [5, 5.41) is 3.74. The Morgan fingerprint density at radius 1 is 1.33 bits per heavy atom. The smallest absolute Gasteiger partial charge is 0.0223 e. The Balaban J connectivity index is 1.97. The van der Waals surface area contributed by atoms with E-state index in [2.05, 4.69) is 31.0 Å². The molecule has 0 aromatic heterocycles. The van der Waals surface area contributed by atoms with Crippen molar-refractivity contribution in [3.8, 4) is 0 Å². The summed E-state index contributed by atoms with van der Waals surface area (Å²) in [6.45, 7) is 9.58. The maximum absolute atomic E-state index is 3.74. The van der Waals surface area contributed by atoms with E-state index < -0.39 is 0 Å². The molecule has 15 heavy (non-hydrogen) atoms. The van der Waals surface area contributed by atoms with Crippen LogP contribution >= 0.6 is 0 Å². The molecule has 1 heterocycles. The molecule has 1 saturated heterocycles. The average molecular weight is 210 g/mol. The average Bonchev–Trinajstić information content (AvgIpc) is 3.03. The van der Waals surface area contributed by atoms with Crippen LogP contribution in [0.1, 0.15) is 46.5 Å². The molecule has 0 aromatic rings. The van der Waals surface area contributed by atoms with Gasteiger partial charge in [-0.25, -0.2) is 0 Å². The van der Waals surface area contributed by atoms with Gasteiger partial charge in [-0.2, -0.15) is 0 Å². The Kier molecular flexibility index (Phi) is 3.68.